The van der Waals surface area contributed by atoms with Crippen molar-refractivity contribution in [1.29, 1.82) is 0 Å². The van der Waals surface area contributed by atoms with Gasteiger partial charge in [-0.1, -0.05) is 47.6 Å². The predicted octanol–water partition coefficient (Wildman–Crippen LogP) is 4.04. The van der Waals surface area contributed by atoms with E-state index in [0.29, 0.717) is 16.7 Å². The van der Waals surface area contributed by atoms with E-state index in [4.69, 9.17) is 10.5 Å². The first-order valence-corrected chi connectivity index (χ1v) is 7.62. The van der Waals surface area contributed by atoms with Crippen LogP contribution < -0.4 is 10.5 Å². The summed E-state index contributed by atoms with van der Waals surface area (Å²) in [6.07, 6.45) is 0. The molecule has 1 aromatic carbocycles. The molecule has 1 saturated carbocycles. The fourth-order valence-corrected chi connectivity index (χ4v) is 4.08. The second-order valence-electron chi connectivity index (χ2n) is 8.37. The van der Waals surface area contributed by atoms with Crippen molar-refractivity contribution in [3.05, 3.63) is 29.3 Å². The Morgan fingerprint density at radius 2 is 1.70 bits per heavy atom. The van der Waals surface area contributed by atoms with Crippen LogP contribution in [0.3, 0.4) is 0 Å². The molecule has 2 aliphatic rings. The Labute approximate surface area is 122 Å². The normalized spacial score (nSPS) is 26.8. The zero-order chi connectivity index (χ0) is 14.9. The van der Waals surface area contributed by atoms with Crippen LogP contribution >= 0.6 is 0 Å². The minimum atomic E-state index is 0.0969. The minimum absolute atomic E-state index is 0.0969. The molecule has 0 radical (unpaired) electrons. The maximum atomic E-state index is 6.59. The van der Waals surface area contributed by atoms with Gasteiger partial charge in [-0.2, -0.15) is 0 Å². The highest BCUT2D eigenvalue weighted by atomic mass is 16.5. The number of benzene rings is 1. The second kappa shape index (κ2) is 3.79. The molecule has 1 aliphatic carbocycles. The van der Waals surface area contributed by atoms with Gasteiger partial charge in [-0.25, -0.2) is 0 Å². The summed E-state index contributed by atoms with van der Waals surface area (Å²) in [5.74, 6) is 1.57. The van der Waals surface area contributed by atoms with E-state index in [1.807, 2.05) is 0 Å². The number of nitrogens with two attached hydrogens (primary N) is 1. The standard InChI is InChI=1S/C18H27NO/c1-16(2)10-20-13-8-7-11(9-12(13)16)14(19)15-17(3,4)18(15,5)6/h7-9,14-15H,10,19H2,1-6H3. The number of ether oxygens (including phenoxy) is 1. The van der Waals surface area contributed by atoms with Crippen LogP contribution in [0.25, 0.3) is 0 Å². The van der Waals surface area contributed by atoms with Crippen molar-refractivity contribution in [2.45, 2.75) is 53.0 Å². The average molecular weight is 273 g/mol. The van der Waals surface area contributed by atoms with Gasteiger partial charge in [0, 0.05) is 17.0 Å². The minimum Gasteiger partial charge on any atom is -0.492 e. The summed E-state index contributed by atoms with van der Waals surface area (Å²) in [5.41, 5.74) is 9.89. The summed E-state index contributed by atoms with van der Waals surface area (Å²) in [5, 5.41) is 0. The third kappa shape index (κ3) is 1.67. The van der Waals surface area contributed by atoms with Crippen LogP contribution in [-0.4, -0.2) is 6.61 Å². The van der Waals surface area contributed by atoms with Crippen LogP contribution in [0.15, 0.2) is 18.2 Å². The average Bonchev–Trinajstić information content (AvgIpc) is 2.62. The Morgan fingerprint density at radius 3 is 2.25 bits per heavy atom. The lowest BCUT2D eigenvalue weighted by Gasteiger charge is -2.19. The van der Waals surface area contributed by atoms with Gasteiger partial charge in [0.1, 0.15) is 5.75 Å². The summed E-state index contributed by atoms with van der Waals surface area (Å²) in [6.45, 7) is 14.6. The van der Waals surface area contributed by atoms with Gasteiger partial charge >= 0.3 is 0 Å². The van der Waals surface area contributed by atoms with E-state index in [1.165, 1.54) is 11.1 Å². The fraction of sp³-hybridized carbons (Fsp3) is 0.667. The third-order valence-corrected chi connectivity index (χ3v) is 6.20. The first-order chi connectivity index (χ1) is 9.09. The van der Waals surface area contributed by atoms with Crippen LogP contribution in [0.1, 0.15) is 58.7 Å². The summed E-state index contributed by atoms with van der Waals surface area (Å²) in [6, 6.07) is 6.64. The third-order valence-electron chi connectivity index (χ3n) is 6.20. The lowest BCUT2D eigenvalue weighted by atomic mass is 9.84. The summed E-state index contributed by atoms with van der Waals surface area (Å²) in [4.78, 5) is 0. The molecule has 1 aliphatic heterocycles. The molecule has 2 nitrogen and oxygen atoms in total. The van der Waals surface area contributed by atoms with Crippen molar-refractivity contribution in [1.82, 2.24) is 0 Å². The van der Waals surface area contributed by atoms with Gasteiger partial charge in [0.05, 0.1) is 6.61 Å². The van der Waals surface area contributed by atoms with Gasteiger partial charge in [-0.05, 0) is 34.4 Å². The maximum absolute atomic E-state index is 6.59. The van der Waals surface area contributed by atoms with E-state index in [0.717, 1.165) is 12.4 Å². The molecule has 1 unspecified atom stereocenters. The predicted molar refractivity (Wildman–Crippen MR) is 82.9 cm³/mol. The van der Waals surface area contributed by atoms with E-state index in [9.17, 15) is 0 Å². The lowest BCUT2D eigenvalue weighted by Crippen LogP contribution is -2.20. The zero-order valence-electron chi connectivity index (χ0n) is 13.6. The van der Waals surface area contributed by atoms with Crippen molar-refractivity contribution in [3.8, 4) is 5.75 Å². The van der Waals surface area contributed by atoms with E-state index in [2.05, 4.69) is 59.7 Å². The van der Waals surface area contributed by atoms with Gasteiger partial charge in [0.15, 0.2) is 0 Å². The van der Waals surface area contributed by atoms with Crippen LogP contribution in [0, 0.1) is 16.7 Å². The molecule has 0 saturated heterocycles. The van der Waals surface area contributed by atoms with E-state index < -0.39 is 0 Å². The molecule has 1 aromatic rings. The quantitative estimate of drug-likeness (QED) is 0.882. The molecule has 0 aromatic heterocycles. The Bertz CT molecular complexity index is 543. The summed E-state index contributed by atoms with van der Waals surface area (Å²) >= 11 is 0. The molecule has 110 valence electrons. The molecule has 3 rings (SSSR count). The molecule has 2 heteroatoms. The van der Waals surface area contributed by atoms with Gasteiger partial charge < -0.3 is 10.5 Å². The Hall–Kier alpha value is -1.02. The molecular formula is C18H27NO. The molecule has 1 fully saturated rings. The number of fused-ring (bicyclic) bond motifs is 1. The van der Waals surface area contributed by atoms with E-state index >= 15 is 0 Å². The Morgan fingerprint density at radius 1 is 1.10 bits per heavy atom. The number of hydrogen-bond donors (Lipinski definition) is 1. The monoisotopic (exact) mass is 273 g/mol. The molecule has 0 spiro atoms. The first kappa shape index (κ1) is 13.9. The number of rotatable bonds is 2. The Kier molecular flexibility index (Phi) is 2.64. The molecule has 0 bridgehead atoms. The topological polar surface area (TPSA) is 35.2 Å². The van der Waals surface area contributed by atoms with Crippen molar-refractivity contribution in [2.24, 2.45) is 22.5 Å². The van der Waals surface area contributed by atoms with Crippen LogP contribution in [-0.2, 0) is 5.41 Å². The fourth-order valence-electron chi connectivity index (χ4n) is 4.08. The zero-order valence-corrected chi connectivity index (χ0v) is 13.6. The van der Waals surface area contributed by atoms with E-state index in [1.54, 1.807) is 0 Å². The van der Waals surface area contributed by atoms with Gasteiger partial charge in [0.25, 0.3) is 0 Å². The highest BCUT2D eigenvalue weighted by molar-refractivity contribution is 5.46. The van der Waals surface area contributed by atoms with Gasteiger partial charge in [0.2, 0.25) is 0 Å². The summed E-state index contributed by atoms with van der Waals surface area (Å²) in [7, 11) is 0. The molecule has 2 N–H and O–H groups in total. The van der Waals surface area contributed by atoms with Crippen LogP contribution in [0.5, 0.6) is 5.75 Å². The molecular weight excluding hydrogens is 246 g/mol. The second-order valence-corrected chi connectivity index (χ2v) is 8.37. The highest BCUT2D eigenvalue weighted by Gasteiger charge is 2.66. The van der Waals surface area contributed by atoms with Crippen LogP contribution in [0.2, 0.25) is 0 Å². The SMILES string of the molecule is CC1(C)COc2ccc(C(N)C3C(C)(C)C3(C)C)cc21. The largest absolute Gasteiger partial charge is 0.492 e. The molecule has 1 atom stereocenters. The summed E-state index contributed by atoms with van der Waals surface area (Å²) < 4.78 is 5.77. The smallest absolute Gasteiger partial charge is 0.123 e. The number of hydrogen-bond acceptors (Lipinski definition) is 2. The lowest BCUT2D eigenvalue weighted by molar-refractivity contribution is 0.291. The van der Waals surface area contributed by atoms with Gasteiger partial charge in [-0.3, -0.25) is 0 Å². The van der Waals surface area contributed by atoms with Crippen molar-refractivity contribution in [2.75, 3.05) is 6.61 Å². The Balaban J connectivity index is 1.94. The van der Waals surface area contributed by atoms with Crippen molar-refractivity contribution >= 4 is 0 Å². The maximum Gasteiger partial charge on any atom is 0.123 e. The van der Waals surface area contributed by atoms with Crippen LogP contribution in [0.4, 0.5) is 0 Å². The molecule has 20 heavy (non-hydrogen) atoms. The molecule has 0 amide bonds. The molecule has 1 heterocycles. The first-order valence-electron chi connectivity index (χ1n) is 7.62. The highest BCUT2D eigenvalue weighted by Crippen LogP contribution is 2.71. The van der Waals surface area contributed by atoms with Gasteiger partial charge in [-0.15, -0.1) is 0 Å². The van der Waals surface area contributed by atoms with Crippen molar-refractivity contribution < 1.29 is 4.74 Å². The van der Waals surface area contributed by atoms with Crippen molar-refractivity contribution in [3.63, 3.8) is 0 Å². The van der Waals surface area contributed by atoms with E-state index in [-0.39, 0.29) is 11.5 Å².